The number of aromatic nitrogens is 6. The van der Waals surface area contributed by atoms with E-state index in [2.05, 4.69) is 20.3 Å². The highest BCUT2D eigenvalue weighted by Gasteiger charge is 2.25. The third-order valence-electron chi connectivity index (χ3n) is 4.07. The van der Waals surface area contributed by atoms with E-state index in [4.69, 9.17) is 4.74 Å². The lowest BCUT2D eigenvalue weighted by molar-refractivity contribution is 0.0600. The van der Waals surface area contributed by atoms with E-state index in [0.717, 1.165) is 5.56 Å². The predicted octanol–water partition coefficient (Wildman–Crippen LogP) is 1.34. The summed E-state index contributed by atoms with van der Waals surface area (Å²) in [5, 5.41) is 10.9. The van der Waals surface area contributed by atoms with Crippen molar-refractivity contribution < 1.29 is 9.53 Å². The Morgan fingerprint density at radius 3 is 2.73 bits per heavy atom. The molecule has 1 aromatic heterocycles. The van der Waals surface area contributed by atoms with Gasteiger partial charge in [0.15, 0.2) is 0 Å². The maximum atomic E-state index is 13.0. The molecule has 0 saturated heterocycles. The zero-order chi connectivity index (χ0) is 18.3. The van der Waals surface area contributed by atoms with Crippen LogP contribution in [0.1, 0.15) is 15.9 Å². The van der Waals surface area contributed by atoms with Gasteiger partial charge in [-0.15, -0.1) is 0 Å². The molecule has 130 valence electrons. The first-order chi connectivity index (χ1) is 12.6. The zero-order valence-corrected chi connectivity index (χ0v) is 14.0. The quantitative estimate of drug-likeness (QED) is 0.559. The van der Waals surface area contributed by atoms with E-state index in [-0.39, 0.29) is 22.4 Å². The van der Waals surface area contributed by atoms with Crippen molar-refractivity contribution in [3.05, 3.63) is 64.5 Å². The van der Waals surface area contributed by atoms with E-state index in [9.17, 15) is 9.59 Å². The Bertz CT molecular complexity index is 1130. The highest BCUT2D eigenvalue weighted by molar-refractivity contribution is 5.96. The van der Waals surface area contributed by atoms with E-state index in [0.29, 0.717) is 11.6 Å². The van der Waals surface area contributed by atoms with Crippen LogP contribution in [0.25, 0.3) is 22.9 Å². The number of carbonyl (C=O) groups excluding carboxylic acids is 1. The Morgan fingerprint density at radius 1 is 1.23 bits per heavy atom. The summed E-state index contributed by atoms with van der Waals surface area (Å²) in [5.41, 5.74) is 1.89. The van der Waals surface area contributed by atoms with Crippen molar-refractivity contribution in [1.82, 2.24) is 29.5 Å². The van der Waals surface area contributed by atoms with Crippen molar-refractivity contribution in [3.8, 4) is 22.9 Å². The van der Waals surface area contributed by atoms with Gasteiger partial charge in [-0.3, -0.25) is 9.36 Å². The second-order valence-electron chi connectivity index (χ2n) is 5.65. The molecule has 4 rings (SSSR count). The molecule has 0 radical (unpaired) electrons. The maximum Gasteiger partial charge on any atom is 0.341 e. The average Bonchev–Trinajstić information content (AvgIpc) is 3.30. The summed E-state index contributed by atoms with van der Waals surface area (Å²) in [5.74, 6) is -0.238. The van der Waals surface area contributed by atoms with Crippen LogP contribution in [0, 0.1) is 6.92 Å². The van der Waals surface area contributed by atoms with Crippen LogP contribution in [-0.4, -0.2) is 42.6 Å². The highest BCUT2D eigenvalue weighted by Crippen LogP contribution is 2.24. The molecular formula is C17H14N6O3. The van der Waals surface area contributed by atoms with Crippen LogP contribution in [0.4, 0.5) is 0 Å². The second-order valence-corrected chi connectivity index (χ2v) is 5.65. The molecule has 0 aliphatic carbocycles. The number of hydrogen-bond acceptors (Lipinski definition) is 6. The molecule has 0 fully saturated rings. The van der Waals surface area contributed by atoms with Gasteiger partial charge in [0.2, 0.25) is 5.95 Å². The maximum absolute atomic E-state index is 13.0. The van der Waals surface area contributed by atoms with Gasteiger partial charge in [0.1, 0.15) is 17.6 Å². The molecule has 1 N–H and O–H groups in total. The van der Waals surface area contributed by atoms with Gasteiger partial charge in [-0.25, -0.2) is 9.89 Å². The van der Waals surface area contributed by atoms with Crippen molar-refractivity contribution in [2.45, 2.75) is 6.92 Å². The lowest BCUT2D eigenvalue weighted by Crippen LogP contribution is -2.16. The van der Waals surface area contributed by atoms with Crippen LogP contribution in [0.2, 0.25) is 0 Å². The van der Waals surface area contributed by atoms with Gasteiger partial charge in [-0.05, 0) is 18.6 Å². The number of aromatic amines is 1. The number of nitrogens with zero attached hydrogens (tertiary/aromatic N) is 5. The topological polar surface area (TPSA) is 108 Å². The lowest BCUT2D eigenvalue weighted by atomic mass is 10.1. The molecule has 1 aromatic carbocycles. The second kappa shape index (κ2) is 5.96. The number of ether oxygens (including phenoxy) is 1. The number of fused-ring (bicyclic) bond motifs is 1. The molecule has 2 aliphatic rings. The minimum atomic E-state index is -0.599. The monoisotopic (exact) mass is 350 g/mol. The molecule has 0 saturated carbocycles. The van der Waals surface area contributed by atoms with Crippen molar-refractivity contribution in [2.75, 3.05) is 7.11 Å². The summed E-state index contributed by atoms with van der Waals surface area (Å²) in [6.07, 6.45) is 4.40. The molecule has 26 heavy (non-hydrogen) atoms. The van der Waals surface area contributed by atoms with Crippen LogP contribution in [0.5, 0.6) is 0 Å². The molecule has 9 heteroatoms. The molecule has 3 heterocycles. The first-order valence-corrected chi connectivity index (χ1v) is 7.75. The van der Waals surface area contributed by atoms with Crippen LogP contribution in [-0.2, 0) is 4.74 Å². The molecule has 9 nitrogen and oxygen atoms in total. The number of rotatable bonds is 3. The third kappa shape index (κ3) is 2.37. The predicted molar refractivity (Wildman–Crippen MR) is 91.8 cm³/mol. The van der Waals surface area contributed by atoms with Gasteiger partial charge < -0.3 is 4.74 Å². The fourth-order valence-electron chi connectivity index (χ4n) is 2.78. The SMILES string of the molecule is COC(=O)c1cn(-c2ncn[nH]2)cc2c(=O)n(-c3ccccc3C)nc1-2. The van der Waals surface area contributed by atoms with Crippen molar-refractivity contribution >= 4 is 5.97 Å². The van der Waals surface area contributed by atoms with Crippen LogP contribution in [0.3, 0.4) is 0 Å². The van der Waals surface area contributed by atoms with E-state index in [1.54, 1.807) is 12.3 Å². The summed E-state index contributed by atoms with van der Waals surface area (Å²) in [4.78, 5) is 29.2. The molecule has 0 amide bonds. The van der Waals surface area contributed by atoms with E-state index < -0.39 is 5.97 Å². The Labute approximate surface area is 147 Å². The van der Waals surface area contributed by atoms with Gasteiger partial charge in [-0.2, -0.15) is 19.9 Å². The molecule has 0 bridgehead atoms. The van der Waals surface area contributed by atoms with E-state index >= 15 is 0 Å². The number of pyridine rings is 1. The number of carbonyl (C=O) groups is 1. The fourth-order valence-corrected chi connectivity index (χ4v) is 2.78. The van der Waals surface area contributed by atoms with Gasteiger partial charge in [0.05, 0.1) is 18.4 Å². The summed E-state index contributed by atoms with van der Waals surface area (Å²) in [7, 11) is 1.27. The summed E-state index contributed by atoms with van der Waals surface area (Å²) in [6.45, 7) is 1.89. The Hall–Kier alpha value is -3.75. The minimum absolute atomic E-state index is 0.158. The van der Waals surface area contributed by atoms with Gasteiger partial charge in [-0.1, -0.05) is 18.2 Å². The van der Waals surface area contributed by atoms with E-state index in [1.807, 2.05) is 25.1 Å². The van der Waals surface area contributed by atoms with Gasteiger partial charge >= 0.3 is 5.97 Å². The standard InChI is InChI=1S/C17H14N6O3/c1-10-5-3-4-6-13(10)23-15(24)11-7-22(17-18-9-19-20-17)8-12(14(11)21-23)16(25)26-2/h3-9H,1-2H3,(H,18,19,20). The van der Waals surface area contributed by atoms with Crippen LogP contribution < -0.4 is 5.56 Å². The van der Waals surface area contributed by atoms with Crippen molar-refractivity contribution in [2.24, 2.45) is 0 Å². The number of nitrogens with one attached hydrogen (secondary N) is 1. The highest BCUT2D eigenvalue weighted by atomic mass is 16.5. The van der Waals surface area contributed by atoms with Gasteiger partial charge in [0, 0.05) is 12.4 Å². The Morgan fingerprint density at radius 2 is 2.04 bits per heavy atom. The molecular weight excluding hydrogens is 336 g/mol. The van der Waals surface area contributed by atoms with E-state index in [1.165, 1.54) is 28.9 Å². The number of aryl methyl sites for hydroxylation is 1. The number of H-pyrrole nitrogens is 1. The van der Waals surface area contributed by atoms with Crippen molar-refractivity contribution in [1.29, 1.82) is 0 Å². The summed E-state index contributed by atoms with van der Waals surface area (Å²) >= 11 is 0. The lowest BCUT2D eigenvalue weighted by Gasteiger charge is -2.08. The number of benzene rings is 1. The zero-order valence-electron chi connectivity index (χ0n) is 14.0. The number of hydrogen-bond donors (Lipinski definition) is 1. The first kappa shape index (κ1) is 15.8. The first-order valence-electron chi connectivity index (χ1n) is 7.75. The Balaban J connectivity index is 2.03. The molecule has 0 spiro atoms. The average molecular weight is 350 g/mol. The van der Waals surface area contributed by atoms with Crippen molar-refractivity contribution in [3.63, 3.8) is 0 Å². The van der Waals surface area contributed by atoms with Crippen LogP contribution in [0.15, 0.2) is 47.8 Å². The number of para-hydroxylation sites is 1. The Kier molecular flexibility index (Phi) is 3.61. The summed E-state index contributed by atoms with van der Waals surface area (Å²) < 4.78 is 7.64. The fraction of sp³-hybridized carbons (Fsp3) is 0.118. The van der Waals surface area contributed by atoms with Crippen LogP contribution >= 0.6 is 0 Å². The summed E-state index contributed by atoms with van der Waals surface area (Å²) in [6, 6.07) is 7.39. The molecule has 2 aliphatic heterocycles. The minimum Gasteiger partial charge on any atom is -0.465 e. The number of methoxy groups -OCH3 is 1. The van der Waals surface area contributed by atoms with Gasteiger partial charge in [0.25, 0.3) is 5.56 Å². The number of esters is 1. The normalized spacial score (nSPS) is 11.0. The molecule has 0 unspecified atom stereocenters. The molecule has 2 aromatic rings. The smallest absolute Gasteiger partial charge is 0.341 e. The third-order valence-corrected chi connectivity index (χ3v) is 4.07. The molecule has 0 atom stereocenters. The largest absolute Gasteiger partial charge is 0.465 e.